The average molecular weight is 286 g/mol. The van der Waals surface area contributed by atoms with Gasteiger partial charge in [0.1, 0.15) is 0 Å². The fourth-order valence-electron chi connectivity index (χ4n) is 2.23. The monoisotopic (exact) mass is 286 g/mol. The van der Waals surface area contributed by atoms with Gasteiger partial charge in [-0.1, -0.05) is 62.0 Å². The summed E-state index contributed by atoms with van der Waals surface area (Å²) in [6.45, 7) is 8.09. The molecule has 0 aliphatic heterocycles. The van der Waals surface area contributed by atoms with Gasteiger partial charge in [-0.25, -0.2) is 0 Å². The molecule has 1 N–H and O–H groups in total. The minimum atomic E-state index is -0.823. The van der Waals surface area contributed by atoms with Crippen molar-refractivity contribution in [2.75, 3.05) is 0 Å². The van der Waals surface area contributed by atoms with E-state index in [1.54, 1.807) is 11.8 Å². The molecule has 1 nitrogen and oxygen atoms in total. The molecule has 20 heavy (non-hydrogen) atoms. The van der Waals surface area contributed by atoms with E-state index in [1.807, 2.05) is 32.0 Å². The lowest BCUT2D eigenvalue weighted by molar-refractivity contribution is 0.0758. The van der Waals surface area contributed by atoms with E-state index in [1.165, 1.54) is 10.5 Å². The highest BCUT2D eigenvalue weighted by molar-refractivity contribution is 7.99. The van der Waals surface area contributed by atoms with Crippen molar-refractivity contribution in [1.82, 2.24) is 0 Å². The van der Waals surface area contributed by atoms with Crippen molar-refractivity contribution < 1.29 is 5.11 Å². The van der Waals surface area contributed by atoms with Gasteiger partial charge in [-0.05, 0) is 43.0 Å². The van der Waals surface area contributed by atoms with Gasteiger partial charge in [0.05, 0.1) is 5.60 Å². The molecular formula is C18H22OS. The molecule has 0 radical (unpaired) electrons. The Morgan fingerprint density at radius 2 is 1.45 bits per heavy atom. The van der Waals surface area contributed by atoms with Gasteiger partial charge in [0, 0.05) is 9.79 Å². The zero-order chi connectivity index (χ0) is 14.8. The molecule has 0 aliphatic rings. The first-order chi connectivity index (χ1) is 9.39. The van der Waals surface area contributed by atoms with E-state index in [9.17, 15) is 5.11 Å². The summed E-state index contributed by atoms with van der Waals surface area (Å²) in [6, 6.07) is 16.6. The molecule has 0 bridgehead atoms. The lowest BCUT2D eigenvalue weighted by atomic mass is 9.99. The van der Waals surface area contributed by atoms with Gasteiger partial charge in [0.15, 0.2) is 0 Å². The highest BCUT2D eigenvalue weighted by Gasteiger charge is 2.20. The van der Waals surface area contributed by atoms with Crippen LogP contribution in [0.3, 0.4) is 0 Å². The lowest BCUT2D eigenvalue weighted by Crippen LogP contribution is -2.16. The van der Waals surface area contributed by atoms with Gasteiger partial charge in [0.25, 0.3) is 0 Å². The van der Waals surface area contributed by atoms with Crippen molar-refractivity contribution in [2.24, 2.45) is 0 Å². The Balaban J connectivity index is 2.41. The Bertz CT molecular complexity index is 582. The molecule has 0 aliphatic carbocycles. The van der Waals surface area contributed by atoms with E-state index in [-0.39, 0.29) is 0 Å². The Labute approximate surface area is 126 Å². The van der Waals surface area contributed by atoms with Crippen molar-refractivity contribution >= 4 is 11.8 Å². The van der Waals surface area contributed by atoms with E-state index in [0.29, 0.717) is 5.92 Å². The van der Waals surface area contributed by atoms with Crippen molar-refractivity contribution in [3.63, 3.8) is 0 Å². The first-order valence-electron chi connectivity index (χ1n) is 6.98. The third-order valence-electron chi connectivity index (χ3n) is 3.31. The van der Waals surface area contributed by atoms with Crippen LogP contribution in [0.5, 0.6) is 0 Å². The first-order valence-corrected chi connectivity index (χ1v) is 7.80. The molecule has 0 saturated carbocycles. The first kappa shape index (κ1) is 15.1. The Kier molecular flexibility index (Phi) is 4.56. The minimum absolute atomic E-state index is 0.494. The van der Waals surface area contributed by atoms with Gasteiger partial charge in [-0.3, -0.25) is 0 Å². The largest absolute Gasteiger partial charge is 0.386 e. The number of hydrogen-bond donors (Lipinski definition) is 1. The summed E-state index contributed by atoms with van der Waals surface area (Å²) < 4.78 is 0. The fourth-order valence-corrected chi connectivity index (χ4v) is 3.61. The van der Waals surface area contributed by atoms with Crippen molar-refractivity contribution in [1.29, 1.82) is 0 Å². The summed E-state index contributed by atoms with van der Waals surface area (Å²) in [4.78, 5) is 2.38. The molecule has 0 fully saturated rings. The van der Waals surface area contributed by atoms with Crippen molar-refractivity contribution in [3.8, 4) is 0 Å². The van der Waals surface area contributed by atoms with Gasteiger partial charge >= 0.3 is 0 Å². The van der Waals surface area contributed by atoms with E-state index in [2.05, 4.69) is 44.2 Å². The molecule has 0 amide bonds. The molecule has 2 rings (SSSR count). The quantitative estimate of drug-likeness (QED) is 0.834. The van der Waals surface area contributed by atoms with Crippen LogP contribution in [0.2, 0.25) is 0 Å². The number of benzene rings is 2. The summed E-state index contributed by atoms with van der Waals surface area (Å²) >= 11 is 1.74. The minimum Gasteiger partial charge on any atom is -0.386 e. The van der Waals surface area contributed by atoms with Crippen LogP contribution in [0.1, 0.15) is 44.7 Å². The van der Waals surface area contributed by atoms with E-state index in [0.717, 1.165) is 10.5 Å². The van der Waals surface area contributed by atoms with Crippen LogP contribution in [-0.4, -0.2) is 5.11 Å². The Hall–Kier alpha value is -1.25. The van der Waals surface area contributed by atoms with Crippen LogP contribution in [0.4, 0.5) is 0 Å². The maximum absolute atomic E-state index is 10.3. The van der Waals surface area contributed by atoms with Crippen LogP contribution in [0.25, 0.3) is 0 Å². The summed E-state index contributed by atoms with van der Waals surface area (Å²) in [5.41, 5.74) is 1.50. The summed E-state index contributed by atoms with van der Waals surface area (Å²) in [7, 11) is 0. The van der Waals surface area contributed by atoms with Gasteiger partial charge in [-0.15, -0.1) is 0 Å². The predicted molar refractivity (Wildman–Crippen MR) is 86.3 cm³/mol. The fraction of sp³-hybridized carbons (Fsp3) is 0.333. The normalized spacial score (nSPS) is 11.9. The van der Waals surface area contributed by atoms with Gasteiger partial charge in [-0.2, -0.15) is 0 Å². The second kappa shape index (κ2) is 6.02. The molecule has 0 heterocycles. The van der Waals surface area contributed by atoms with Crippen LogP contribution in [0, 0.1) is 0 Å². The molecule has 0 unspecified atom stereocenters. The maximum Gasteiger partial charge on any atom is 0.0851 e. The van der Waals surface area contributed by atoms with Gasteiger partial charge < -0.3 is 5.11 Å². The SMILES string of the molecule is CC(C)c1ccccc1Sc1ccccc1C(C)(C)O. The van der Waals surface area contributed by atoms with Crippen molar-refractivity contribution in [3.05, 3.63) is 59.7 Å². The lowest BCUT2D eigenvalue weighted by Gasteiger charge is -2.22. The van der Waals surface area contributed by atoms with Crippen LogP contribution >= 0.6 is 11.8 Å². The molecule has 0 spiro atoms. The molecular weight excluding hydrogens is 264 g/mol. The molecule has 0 atom stereocenters. The van der Waals surface area contributed by atoms with Crippen LogP contribution < -0.4 is 0 Å². The molecule has 106 valence electrons. The van der Waals surface area contributed by atoms with E-state index in [4.69, 9.17) is 0 Å². The van der Waals surface area contributed by atoms with Crippen molar-refractivity contribution in [2.45, 2.75) is 49.0 Å². The van der Waals surface area contributed by atoms with Gasteiger partial charge in [0.2, 0.25) is 0 Å². The third-order valence-corrected chi connectivity index (χ3v) is 4.47. The molecule has 2 heteroatoms. The van der Waals surface area contributed by atoms with E-state index >= 15 is 0 Å². The Morgan fingerprint density at radius 1 is 0.900 bits per heavy atom. The summed E-state index contributed by atoms with van der Waals surface area (Å²) in [6.07, 6.45) is 0. The second-order valence-electron chi connectivity index (χ2n) is 5.85. The molecule has 2 aromatic carbocycles. The van der Waals surface area contributed by atoms with E-state index < -0.39 is 5.60 Å². The van der Waals surface area contributed by atoms with Crippen LogP contribution in [-0.2, 0) is 5.60 Å². The third kappa shape index (κ3) is 3.44. The molecule has 0 aromatic heterocycles. The highest BCUT2D eigenvalue weighted by atomic mass is 32.2. The zero-order valence-electron chi connectivity index (χ0n) is 12.6. The maximum atomic E-state index is 10.3. The number of rotatable bonds is 4. The topological polar surface area (TPSA) is 20.2 Å². The summed E-state index contributed by atoms with van der Waals surface area (Å²) in [5.74, 6) is 0.494. The zero-order valence-corrected chi connectivity index (χ0v) is 13.4. The molecule has 2 aromatic rings. The number of hydrogen-bond acceptors (Lipinski definition) is 2. The Morgan fingerprint density at radius 3 is 2.05 bits per heavy atom. The standard InChI is InChI=1S/C18H22OS/c1-13(2)14-9-5-7-11-16(14)20-17-12-8-6-10-15(17)18(3,4)19/h5-13,19H,1-4H3. The highest BCUT2D eigenvalue weighted by Crippen LogP contribution is 2.38. The summed E-state index contributed by atoms with van der Waals surface area (Å²) in [5, 5.41) is 10.3. The average Bonchev–Trinajstić information content (AvgIpc) is 2.38. The molecule has 0 saturated heterocycles. The number of aliphatic hydroxyl groups is 1. The second-order valence-corrected chi connectivity index (χ2v) is 6.93. The van der Waals surface area contributed by atoms with Crippen LogP contribution in [0.15, 0.2) is 58.3 Å². The predicted octanol–water partition coefficient (Wildman–Crippen LogP) is 5.19. The smallest absolute Gasteiger partial charge is 0.0851 e.